The minimum Gasteiger partial charge on any atom is -0.360 e. The van der Waals surface area contributed by atoms with Crippen molar-refractivity contribution in [3.63, 3.8) is 0 Å². The maximum atomic E-state index is 5.02. The van der Waals surface area contributed by atoms with Crippen molar-refractivity contribution in [2.45, 2.75) is 38.1 Å². The average Bonchev–Trinajstić information content (AvgIpc) is 3.31. The van der Waals surface area contributed by atoms with Crippen LogP contribution in [0.1, 0.15) is 37.8 Å². The number of hydrogen-bond donors (Lipinski definition) is 1. The SMILES string of the molecule is C(=Nn1c(-c2ccccc2)csc1=NC1CCCCC1)c1ccc[nH]1. The summed E-state index contributed by atoms with van der Waals surface area (Å²) in [6.45, 7) is 0. The molecule has 1 aromatic carbocycles. The summed E-state index contributed by atoms with van der Waals surface area (Å²) in [6.07, 6.45) is 10.1. The van der Waals surface area contributed by atoms with Gasteiger partial charge in [-0.05, 0) is 25.0 Å². The van der Waals surface area contributed by atoms with Gasteiger partial charge in [-0.1, -0.05) is 49.6 Å². The molecule has 1 N–H and O–H groups in total. The van der Waals surface area contributed by atoms with Gasteiger partial charge in [-0.25, -0.2) is 4.68 Å². The first-order valence-electron chi connectivity index (χ1n) is 8.88. The van der Waals surface area contributed by atoms with Crippen molar-refractivity contribution in [1.29, 1.82) is 0 Å². The topological polar surface area (TPSA) is 45.4 Å². The van der Waals surface area contributed by atoms with Crippen LogP contribution in [0.5, 0.6) is 0 Å². The first kappa shape index (κ1) is 16.1. The molecule has 0 atom stereocenters. The number of hydrogen-bond acceptors (Lipinski definition) is 3. The standard InChI is InChI=1S/C20H22N4S/c1-3-8-16(9-4-1)19-15-25-20(23-17-10-5-2-6-11-17)24(19)22-14-18-12-7-13-21-18/h1,3-4,7-9,12-15,17,21H,2,5-6,10-11H2. The predicted molar refractivity (Wildman–Crippen MR) is 104 cm³/mol. The number of nitrogens with one attached hydrogen (secondary N) is 1. The molecule has 0 bridgehead atoms. The summed E-state index contributed by atoms with van der Waals surface area (Å²) in [6, 6.07) is 14.8. The van der Waals surface area contributed by atoms with E-state index >= 15 is 0 Å². The highest BCUT2D eigenvalue weighted by molar-refractivity contribution is 7.07. The molecule has 0 aliphatic heterocycles. The second kappa shape index (κ2) is 7.66. The normalized spacial score (nSPS) is 16.7. The first-order chi connectivity index (χ1) is 12.4. The molecule has 0 saturated heterocycles. The molecular weight excluding hydrogens is 328 g/mol. The third kappa shape index (κ3) is 3.82. The van der Waals surface area contributed by atoms with Crippen LogP contribution < -0.4 is 4.80 Å². The van der Waals surface area contributed by atoms with Crippen molar-refractivity contribution in [1.82, 2.24) is 9.66 Å². The quantitative estimate of drug-likeness (QED) is 0.665. The Morgan fingerprint density at radius 1 is 1.04 bits per heavy atom. The van der Waals surface area contributed by atoms with Crippen molar-refractivity contribution in [2.75, 3.05) is 0 Å². The van der Waals surface area contributed by atoms with E-state index in [-0.39, 0.29) is 0 Å². The fourth-order valence-electron chi connectivity index (χ4n) is 3.22. The third-order valence-electron chi connectivity index (χ3n) is 4.56. The van der Waals surface area contributed by atoms with Gasteiger partial charge in [-0.3, -0.25) is 4.99 Å². The smallest absolute Gasteiger partial charge is 0.206 e. The van der Waals surface area contributed by atoms with Crippen molar-refractivity contribution < 1.29 is 0 Å². The Hall–Kier alpha value is -2.40. The fourth-order valence-corrected chi connectivity index (χ4v) is 4.13. The summed E-state index contributed by atoms with van der Waals surface area (Å²) in [5.41, 5.74) is 3.23. The summed E-state index contributed by atoms with van der Waals surface area (Å²) >= 11 is 1.67. The zero-order valence-electron chi connectivity index (χ0n) is 14.1. The Balaban J connectivity index is 1.76. The molecule has 1 fully saturated rings. The largest absolute Gasteiger partial charge is 0.360 e. The molecule has 0 amide bonds. The van der Waals surface area contributed by atoms with E-state index in [4.69, 9.17) is 10.1 Å². The molecule has 1 saturated carbocycles. The van der Waals surface area contributed by atoms with Gasteiger partial charge in [-0.2, -0.15) is 5.10 Å². The number of aromatic nitrogens is 2. The molecule has 1 aliphatic carbocycles. The zero-order chi connectivity index (χ0) is 16.9. The second-order valence-electron chi connectivity index (χ2n) is 6.37. The zero-order valence-corrected chi connectivity index (χ0v) is 15.0. The molecule has 1 aliphatic rings. The molecule has 0 radical (unpaired) electrons. The van der Waals surface area contributed by atoms with Crippen LogP contribution in [-0.4, -0.2) is 21.9 Å². The summed E-state index contributed by atoms with van der Waals surface area (Å²) in [5, 5.41) is 6.88. The summed E-state index contributed by atoms with van der Waals surface area (Å²) in [5.74, 6) is 0. The number of rotatable bonds is 4. The van der Waals surface area contributed by atoms with Crippen LogP contribution in [0.25, 0.3) is 11.3 Å². The van der Waals surface area contributed by atoms with Crippen LogP contribution in [-0.2, 0) is 0 Å². The Bertz CT molecular complexity index is 881. The number of aromatic amines is 1. The van der Waals surface area contributed by atoms with Gasteiger partial charge in [0.05, 0.1) is 23.6 Å². The molecule has 5 heteroatoms. The lowest BCUT2D eigenvalue weighted by molar-refractivity contribution is 0.435. The van der Waals surface area contributed by atoms with E-state index in [2.05, 4.69) is 34.6 Å². The van der Waals surface area contributed by atoms with Gasteiger partial charge < -0.3 is 4.98 Å². The molecule has 25 heavy (non-hydrogen) atoms. The highest BCUT2D eigenvalue weighted by atomic mass is 32.1. The van der Waals surface area contributed by atoms with E-state index in [9.17, 15) is 0 Å². The Morgan fingerprint density at radius 2 is 1.88 bits per heavy atom. The lowest BCUT2D eigenvalue weighted by Crippen LogP contribution is -2.19. The van der Waals surface area contributed by atoms with E-state index in [1.165, 1.54) is 32.1 Å². The van der Waals surface area contributed by atoms with Crippen LogP contribution in [0.4, 0.5) is 0 Å². The van der Waals surface area contributed by atoms with Crippen LogP contribution in [0, 0.1) is 0 Å². The van der Waals surface area contributed by atoms with E-state index in [0.717, 1.165) is 21.8 Å². The van der Waals surface area contributed by atoms with Crippen molar-refractivity contribution >= 4 is 17.6 Å². The van der Waals surface area contributed by atoms with Crippen molar-refractivity contribution in [3.05, 3.63) is 64.5 Å². The van der Waals surface area contributed by atoms with Gasteiger partial charge in [0.1, 0.15) is 0 Å². The highest BCUT2D eigenvalue weighted by Crippen LogP contribution is 2.22. The maximum absolute atomic E-state index is 5.02. The Kier molecular flexibility index (Phi) is 4.93. The van der Waals surface area contributed by atoms with Crippen molar-refractivity contribution in [2.24, 2.45) is 10.1 Å². The maximum Gasteiger partial charge on any atom is 0.206 e. The van der Waals surface area contributed by atoms with E-state index in [1.54, 1.807) is 11.3 Å². The Labute approximate surface area is 151 Å². The van der Waals surface area contributed by atoms with Gasteiger partial charge in [0.2, 0.25) is 4.80 Å². The van der Waals surface area contributed by atoms with E-state index in [1.807, 2.05) is 35.3 Å². The number of benzene rings is 1. The van der Waals surface area contributed by atoms with Gasteiger partial charge in [0.25, 0.3) is 0 Å². The minimum absolute atomic E-state index is 0.433. The molecule has 4 nitrogen and oxygen atoms in total. The lowest BCUT2D eigenvalue weighted by atomic mass is 9.96. The molecule has 0 unspecified atom stereocenters. The number of thiazole rings is 1. The van der Waals surface area contributed by atoms with Gasteiger partial charge >= 0.3 is 0 Å². The first-order valence-corrected chi connectivity index (χ1v) is 9.76. The highest BCUT2D eigenvalue weighted by Gasteiger charge is 2.13. The molecule has 2 heterocycles. The molecular formula is C20H22N4S. The van der Waals surface area contributed by atoms with Crippen LogP contribution in [0.15, 0.2) is 64.1 Å². The molecule has 4 rings (SSSR count). The fraction of sp³-hybridized carbons (Fsp3) is 0.300. The molecule has 2 aromatic heterocycles. The Morgan fingerprint density at radius 3 is 2.64 bits per heavy atom. The average molecular weight is 350 g/mol. The van der Waals surface area contributed by atoms with Gasteiger partial charge in [-0.15, -0.1) is 11.3 Å². The van der Waals surface area contributed by atoms with Gasteiger partial charge in [0.15, 0.2) is 0 Å². The van der Waals surface area contributed by atoms with E-state index in [0.29, 0.717) is 6.04 Å². The van der Waals surface area contributed by atoms with Gasteiger partial charge in [0, 0.05) is 17.1 Å². The molecule has 128 valence electrons. The summed E-state index contributed by atoms with van der Waals surface area (Å²) < 4.78 is 1.98. The van der Waals surface area contributed by atoms with Crippen LogP contribution in [0.2, 0.25) is 0 Å². The third-order valence-corrected chi connectivity index (χ3v) is 5.39. The second-order valence-corrected chi connectivity index (χ2v) is 7.21. The molecule has 3 aromatic rings. The summed E-state index contributed by atoms with van der Waals surface area (Å²) in [4.78, 5) is 9.17. The van der Waals surface area contributed by atoms with Crippen molar-refractivity contribution in [3.8, 4) is 11.3 Å². The summed E-state index contributed by atoms with van der Waals surface area (Å²) in [7, 11) is 0. The molecule has 0 spiro atoms. The predicted octanol–water partition coefficient (Wildman–Crippen LogP) is 4.66. The minimum atomic E-state index is 0.433. The lowest BCUT2D eigenvalue weighted by Gasteiger charge is -2.16. The number of nitrogens with zero attached hydrogens (tertiary/aromatic N) is 3. The van der Waals surface area contributed by atoms with Crippen LogP contribution in [0.3, 0.4) is 0 Å². The van der Waals surface area contributed by atoms with E-state index < -0.39 is 0 Å². The number of H-pyrrole nitrogens is 1. The monoisotopic (exact) mass is 350 g/mol. The van der Waals surface area contributed by atoms with Crippen LogP contribution >= 0.6 is 11.3 Å².